The van der Waals surface area contributed by atoms with Gasteiger partial charge in [-0.25, -0.2) is 9.37 Å². The lowest BCUT2D eigenvalue weighted by atomic mass is 10.1. The molecule has 0 bridgehead atoms. The van der Waals surface area contributed by atoms with Crippen LogP contribution in [-0.2, 0) is 0 Å². The molecule has 78 valence electrons. The molecular weight excluding hydrogens is 209 g/mol. The smallest absolute Gasteiger partial charge is 0.258 e. The molecule has 16 heavy (non-hydrogen) atoms. The molecule has 1 aromatic carbocycles. The Kier molecular flexibility index (Phi) is 2.48. The van der Waals surface area contributed by atoms with Crippen molar-refractivity contribution < 1.29 is 4.39 Å². The van der Waals surface area contributed by atoms with Gasteiger partial charge in [-0.1, -0.05) is 0 Å². The molecule has 2 aromatic rings. The minimum absolute atomic E-state index is 0.165. The Balaban J connectivity index is 2.66. The quantitative estimate of drug-likeness (QED) is 0.782. The van der Waals surface area contributed by atoms with Gasteiger partial charge in [0.15, 0.2) is 0 Å². The number of hydrogen-bond donors (Lipinski definition) is 1. The van der Waals surface area contributed by atoms with Crippen LogP contribution in [-0.4, -0.2) is 9.97 Å². The molecular formula is C11H6FN3O. The van der Waals surface area contributed by atoms with Crippen molar-refractivity contribution in [1.29, 1.82) is 5.26 Å². The molecule has 0 aliphatic carbocycles. The van der Waals surface area contributed by atoms with Crippen molar-refractivity contribution in [3.8, 4) is 17.2 Å². The third-order valence-electron chi connectivity index (χ3n) is 2.06. The number of aromatic nitrogens is 2. The van der Waals surface area contributed by atoms with Crippen LogP contribution in [0.1, 0.15) is 5.56 Å². The van der Waals surface area contributed by atoms with Crippen LogP contribution in [0.2, 0.25) is 0 Å². The van der Waals surface area contributed by atoms with Crippen LogP contribution in [0.5, 0.6) is 0 Å². The second-order valence-corrected chi connectivity index (χ2v) is 3.13. The van der Waals surface area contributed by atoms with E-state index in [1.165, 1.54) is 24.7 Å². The first kappa shape index (κ1) is 10.1. The Bertz CT molecular complexity index is 628. The molecule has 0 saturated carbocycles. The van der Waals surface area contributed by atoms with Crippen LogP contribution in [0.4, 0.5) is 4.39 Å². The molecule has 1 N–H and O–H groups in total. The van der Waals surface area contributed by atoms with Gasteiger partial charge in [-0.3, -0.25) is 4.79 Å². The average Bonchev–Trinajstić information content (AvgIpc) is 2.28. The van der Waals surface area contributed by atoms with Crippen molar-refractivity contribution in [3.05, 3.63) is 52.5 Å². The molecule has 0 spiro atoms. The largest absolute Gasteiger partial charge is 0.313 e. The molecule has 5 heteroatoms. The molecule has 0 amide bonds. The Morgan fingerprint density at radius 3 is 2.88 bits per heavy atom. The van der Waals surface area contributed by atoms with E-state index in [4.69, 9.17) is 5.26 Å². The Morgan fingerprint density at radius 2 is 2.19 bits per heavy atom. The Hall–Kier alpha value is -2.48. The van der Waals surface area contributed by atoms with E-state index >= 15 is 0 Å². The SMILES string of the molecule is N#Cc1cc(F)cc(-c2cnc[nH]c2=O)c1. The van der Waals surface area contributed by atoms with Crippen molar-refractivity contribution in [2.24, 2.45) is 0 Å². The maximum atomic E-state index is 13.1. The van der Waals surface area contributed by atoms with Gasteiger partial charge < -0.3 is 4.98 Å². The summed E-state index contributed by atoms with van der Waals surface area (Å²) in [6.07, 6.45) is 2.57. The zero-order chi connectivity index (χ0) is 11.5. The van der Waals surface area contributed by atoms with E-state index < -0.39 is 5.82 Å². The van der Waals surface area contributed by atoms with Crippen LogP contribution in [0, 0.1) is 17.1 Å². The first-order valence-electron chi connectivity index (χ1n) is 4.44. The number of halogens is 1. The second kappa shape index (κ2) is 3.95. The van der Waals surface area contributed by atoms with Gasteiger partial charge in [0.05, 0.1) is 23.5 Å². The molecule has 0 unspecified atom stereocenters. The molecule has 0 radical (unpaired) electrons. The number of nitrogens with one attached hydrogen (secondary N) is 1. The topological polar surface area (TPSA) is 69.5 Å². The van der Waals surface area contributed by atoms with Crippen LogP contribution in [0.15, 0.2) is 35.5 Å². The Morgan fingerprint density at radius 1 is 1.38 bits per heavy atom. The van der Waals surface area contributed by atoms with Gasteiger partial charge in [-0.2, -0.15) is 5.26 Å². The van der Waals surface area contributed by atoms with Gasteiger partial charge >= 0.3 is 0 Å². The summed E-state index contributed by atoms with van der Waals surface area (Å²) in [6, 6.07) is 5.56. The molecule has 1 aromatic heterocycles. The zero-order valence-electron chi connectivity index (χ0n) is 8.07. The highest BCUT2D eigenvalue weighted by atomic mass is 19.1. The lowest BCUT2D eigenvalue weighted by Gasteiger charge is -2.00. The highest BCUT2D eigenvalue weighted by molar-refractivity contribution is 5.63. The zero-order valence-corrected chi connectivity index (χ0v) is 8.07. The third-order valence-corrected chi connectivity index (χ3v) is 2.06. The highest BCUT2D eigenvalue weighted by Gasteiger charge is 2.06. The van der Waals surface area contributed by atoms with Crippen LogP contribution in [0.25, 0.3) is 11.1 Å². The number of hydrogen-bond acceptors (Lipinski definition) is 3. The summed E-state index contributed by atoms with van der Waals surface area (Å²) < 4.78 is 13.1. The van der Waals surface area contributed by atoms with Gasteiger partial charge in [0.2, 0.25) is 0 Å². The molecule has 0 fully saturated rings. The monoisotopic (exact) mass is 215 g/mol. The number of nitriles is 1. The number of H-pyrrole nitrogens is 1. The van der Waals surface area contributed by atoms with Crippen molar-refractivity contribution in [2.75, 3.05) is 0 Å². The third kappa shape index (κ3) is 1.81. The molecule has 0 aliphatic heterocycles. The second-order valence-electron chi connectivity index (χ2n) is 3.13. The minimum atomic E-state index is -0.558. The van der Waals surface area contributed by atoms with Crippen LogP contribution in [0.3, 0.4) is 0 Å². The molecule has 0 aliphatic rings. The van der Waals surface area contributed by atoms with E-state index in [0.717, 1.165) is 6.07 Å². The van der Waals surface area contributed by atoms with Gasteiger partial charge in [0.25, 0.3) is 5.56 Å². The number of benzene rings is 1. The molecule has 4 nitrogen and oxygen atoms in total. The number of rotatable bonds is 1. The van der Waals surface area contributed by atoms with Crippen LogP contribution < -0.4 is 5.56 Å². The van der Waals surface area contributed by atoms with Gasteiger partial charge in [0.1, 0.15) is 5.82 Å². The van der Waals surface area contributed by atoms with Crippen molar-refractivity contribution in [3.63, 3.8) is 0 Å². The molecule has 0 atom stereocenters. The fourth-order valence-corrected chi connectivity index (χ4v) is 1.36. The summed E-state index contributed by atoms with van der Waals surface area (Å²) in [5, 5.41) is 8.68. The summed E-state index contributed by atoms with van der Waals surface area (Å²) >= 11 is 0. The normalized spacial score (nSPS) is 9.75. The predicted molar refractivity (Wildman–Crippen MR) is 55.0 cm³/mol. The highest BCUT2D eigenvalue weighted by Crippen LogP contribution is 2.17. The Labute approximate surface area is 90.0 Å². The lowest BCUT2D eigenvalue weighted by Crippen LogP contribution is -2.08. The van der Waals surface area contributed by atoms with Gasteiger partial charge in [0, 0.05) is 6.20 Å². The average molecular weight is 215 g/mol. The summed E-state index contributed by atoms with van der Waals surface area (Å²) in [6.45, 7) is 0. The van der Waals surface area contributed by atoms with Gasteiger partial charge in [-0.05, 0) is 23.8 Å². The predicted octanol–water partition coefficient (Wildman–Crippen LogP) is 1.45. The standard InChI is InChI=1S/C11H6FN3O/c12-9-2-7(4-13)1-8(3-9)10-5-14-6-15-11(10)16/h1-3,5-6H,(H,14,15,16). The molecule has 1 heterocycles. The first-order chi connectivity index (χ1) is 7.70. The van der Waals surface area contributed by atoms with Crippen LogP contribution >= 0.6 is 0 Å². The van der Waals surface area contributed by atoms with E-state index in [2.05, 4.69) is 9.97 Å². The van der Waals surface area contributed by atoms with Crippen molar-refractivity contribution in [2.45, 2.75) is 0 Å². The van der Waals surface area contributed by atoms with E-state index in [9.17, 15) is 9.18 Å². The first-order valence-corrected chi connectivity index (χ1v) is 4.44. The van der Waals surface area contributed by atoms with E-state index in [1.807, 2.05) is 6.07 Å². The molecule has 0 saturated heterocycles. The van der Waals surface area contributed by atoms with E-state index in [1.54, 1.807) is 0 Å². The summed E-state index contributed by atoms with van der Waals surface area (Å²) in [4.78, 5) is 17.6. The van der Waals surface area contributed by atoms with E-state index in [0.29, 0.717) is 5.56 Å². The fourth-order valence-electron chi connectivity index (χ4n) is 1.36. The fraction of sp³-hybridized carbons (Fsp3) is 0. The van der Waals surface area contributed by atoms with Gasteiger partial charge in [-0.15, -0.1) is 0 Å². The summed E-state index contributed by atoms with van der Waals surface area (Å²) in [7, 11) is 0. The maximum absolute atomic E-state index is 13.1. The lowest BCUT2D eigenvalue weighted by molar-refractivity contribution is 0.628. The summed E-state index contributed by atoms with van der Waals surface area (Å²) in [5.74, 6) is -0.558. The van der Waals surface area contributed by atoms with Crippen molar-refractivity contribution >= 4 is 0 Å². The number of nitrogens with zero attached hydrogens (tertiary/aromatic N) is 2. The molecule has 2 rings (SSSR count). The summed E-state index contributed by atoms with van der Waals surface area (Å²) in [5.41, 5.74) is 0.368. The van der Waals surface area contributed by atoms with Crippen molar-refractivity contribution in [1.82, 2.24) is 9.97 Å². The number of aromatic amines is 1. The maximum Gasteiger partial charge on any atom is 0.258 e. The minimum Gasteiger partial charge on any atom is -0.313 e. The van der Waals surface area contributed by atoms with E-state index in [-0.39, 0.29) is 16.7 Å².